The molecule has 2 atom stereocenters. The molecule has 1 aromatic carbocycles. The first kappa shape index (κ1) is 13.6. The lowest BCUT2D eigenvalue weighted by Gasteiger charge is -2.20. The molecular weight excluding hydrogens is 244 g/mol. The topological polar surface area (TPSA) is 64.4 Å². The molecule has 0 saturated heterocycles. The van der Waals surface area contributed by atoms with Crippen LogP contribution >= 0.6 is 0 Å². The van der Waals surface area contributed by atoms with E-state index in [1.54, 1.807) is 12.1 Å². The summed E-state index contributed by atoms with van der Waals surface area (Å²) in [6.45, 7) is 2.20. The summed E-state index contributed by atoms with van der Waals surface area (Å²) in [6.07, 6.45) is 4.76. The second-order valence-electron chi connectivity index (χ2n) is 4.99. The van der Waals surface area contributed by atoms with Gasteiger partial charge < -0.3 is 10.1 Å². The largest absolute Gasteiger partial charge is 0.490 e. The molecule has 0 heterocycles. The molecule has 0 amide bonds. The Hall–Kier alpha value is -1.78. The van der Waals surface area contributed by atoms with Gasteiger partial charge >= 0.3 is 5.69 Å². The van der Waals surface area contributed by atoms with E-state index < -0.39 is 4.92 Å². The summed E-state index contributed by atoms with van der Waals surface area (Å²) >= 11 is 0. The third-order valence-corrected chi connectivity index (χ3v) is 3.91. The van der Waals surface area contributed by atoms with E-state index in [4.69, 9.17) is 4.74 Å². The van der Waals surface area contributed by atoms with Gasteiger partial charge in [-0.1, -0.05) is 19.8 Å². The van der Waals surface area contributed by atoms with Gasteiger partial charge in [-0.05, 0) is 30.9 Å². The van der Waals surface area contributed by atoms with Crippen molar-refractivity contribution in [3.8, 4) is 5.75 Å². The van der Waals surface area contributed by atoms with Crippen LogP contribution in [-0.4, -0.2) is 18.1 Å². The standard InChI is InChI=1S/C14H20N2O3/c1-3-10-5-4-6-12(10)15-11-7-8-14(19-2)13(9-11)16(17)18/h7-10,12,15H,3-6H2,1-2H3. The van der Waals surface area contributed by atoms with E-state index >= 15 is 0 Å². The number of benzene rings is 1. The minimum Gasteiger partial charge on any atom is -0.490 e. The average molecular weight is 264 g/mol. The molecule has 0 spiro atoms. The number of hydrogen-bond acceptors (Lipinski definition) is 4. The maximum atomic E-state index is 11.0. The van der Waals surface area contributed by atoms with Gasteiger partial charge in [0.15, 0.2) is 5.75 Å². The van der Waals surface area contributed by atoms with E-state index in [1.165, 1.54) is 20.0 Å². The summed E-state index contributed by atoms with van der Waals surface area (Å²) in [5, 5.41) is 14.4. The Morgan fingerprint density at radius 1 is 1.47 bits per heavy atom. The van der Waals surface area contributed by atoms with E-state index in [2.05, 4.69) is 12.2 Å². The maximum Gasteiger partial charge on any atom is 0.312 e. The Morgan fingerprint density at radius 3 is 2.89 bits per heavy atom. The molecule has 5 heteroatoms. The van der Waals surface area contributed by atoms with Crippen LogP contribution < -0.4 is 10.1 Å². The first-order valence-corrected chi connectivity index (χ1v) is 6.74. The summed E-state index contributed by atoms with van der Waals surface area (Å²) in [5.74, 6) is 0.968. The van der Waals surface area contributed by atoms with Crippen molar-refractivity contribution in [3.63, 3.8) is 0 Å². The van der Waals surface area contributed by atoms with E-state index in [0.29, 0.717) is 17.7 Å². The second kappa shape index (κ2) is 5.91. The highest BCUT2D eigenvalue weighted by atomic mass is 16.6. The Bertz CT molecular complexity index is 462. The minimum absolute atomic E-state index is 0.0125. The van der Waals surface area contributed by atoms with E-state index in [-0.39, 0.29) is 5.69 Å². The van der Waals surface area contributed by atoms with Crippen LogP contribution in [0, 0.1) is 16.0 Å². The Labute approximate surface area is 113 Å². The molecule has 1 saturated carbocycles. The van der Waals surface area contributed by atoms with Crippen LogP contribution in [0.1, 0.15) is 32.6 Å². The first-order chi connectivity index (χ1) is 9.15. The van der Waals surface area contributed by atoms with Crippen LogP contribution in [0.25, 0.3) is 0 Å². The van der Waals surface area contributed by atoms with Gasteiger partial charge in [-0.15, -0.1) is 0 Å². The Balaban J connectivity index is 2.17. The summed E-state index contributed by atoms with van der Waals surface area (Å²) in [6, 6.07) is 5.48. The van der Waals surface area contributed by atoms with Crippen molar-refractivity contribution in [1.29, 1.82) is 0 Å². The number of anilines is 1. The smallest absolute Gasteiger partial charge is 0.312 e. The van der Waals surface area contributed by atoms with Crippen molar-refractivity contribution in [2.45, 2.75) is 38.6 Å². The zero-order chi connectivity index (χ0) is 13.8. The van der Waals surface area contributed by atoms with Crippen molar-refractivity contribution in [3.05, 3.63) is 28.3 Å². The highest BCUT2D eigenvalue weighted by Gasteiger charge is 2.26. The maximum absolute atomic E-state index is 11.0. The van der Waals surface area contributed by atoms with Gasteiger partial charge in [-0.2, -0.15) is 0 Å². The van der Waals surface area contributed by atoms with Crippen LogP contribution in [0.2, 0.25) is 0 Å². The molecule has 0 aliphatic heterocycles. The molecule has 0 radical (unpaired) electrons. The lowest BCUT2D eigenvalue weighted by atomic mass is 10.0. The number of nitrogens with zero attached hydrogens (tertiary/aromatic N) is 1. The molecule has 0 aromatic heterocycles. The quantitative estimate of drug-likeness (QED) is 0.652. The van der Waals surface area contributed by atoms with Crippen molar-refractivity contribution in [2.75, 3.05) is 12.4 Å². The molecule has 1 aliphatic rings. The van der Waals surface area contributed by atoms with Gasteiger partial charge in [0.05, 0.1) is 12.0 Å². The highest BCUT2D eigenvalue weighted by molar-refractivity contribution is 5.59. The van der Waals surface area contributed by atoms with Gasteiger partial charge in [0.1, 0.15) is 0 Å². The normalized spacial score (nSPS) is 22.2. The van der Waals surface area contributed by atoms with E-state index in [0.717, 1.165) is 18.5 Å². The summed E-state index contributed by atoms with van der Waals surface area (Å²) in [7, 11) is 1.44. The van der Waals surface area contributed by atoms with E-state index in [9.17, 15) is 10.1 Å². The lowest BCUT2D eigenvalue weighted by Crippen LogP contribution is -2.23. The van der Waals surface area contributed by atoms with E-state index in [1.807, 2.05) is 6.07 Å². The second-order valence-corrected chi connectivity index (χ2v) is 4.99. The SMILES string of the molecule is CCC1CCCC1Nc1ccc(OC)c([N+](=O)[O-])c1. The third-order valence-electron chi connectivity index (χ3n) is 3.91. The molecule has 19 heavy (non-hydrogen) atoms. The van der Waals surface area contributed by atoms with Gasteiger partial charge in [0, 0.05) is 17.8 Å². The number of methoxy groups -OCH3 is 1. The summed E-state index contributed by atoms with van der Waals surface area (Å²) in [5.41, 5.74) is 0.816. The molecule has 5 nitrogen and oxygen atoms in total. The monoisotopic (exact) mass is 264 g/mol. The van der Waals surface area contributed by atoms with Crippen molar-refractivity contribution in [1.82, 2.24) is 0 Å². The van der Waals surface area contributed by atoms with Gasteiger partial charge in [0.25, 0.3) is 0 Å². The molecule has 1 aliphatic carbocycles. The van der Waals surface area contributed by atoms with Gasteiger partial charge in [0.2, 0.25) is 0 Å². The molecular formula is C14H20N2O3. The molecule has 0 bridgehead atoms. The third kappa shape index (κ3) is 2.97. The van der Waals surface area contributed by atoms with Gasteiger partial charge in [-0.25, -0.2) is 0 Å². The predicted octanol–water partition coefficient (Wildman–Crippen LogP) is 3.59. The molecule has 2 rings (SSSR count). The minimum atomic E-state index is -0.407. The number of rotatable bonds is 5. The average Bonchev–Trinajstić information content (AvgIpc) is 2.85. The number of nitro groups is 1. The Kier molecular flexibility index (Phi) is 4.24. The van der Waals surface area contributed by atoms with Gasteiger partial charge in [-0.3, -0.25) is 10.1 Å². The number of hydrogen-bond donors (Lipinski definition) is 1. The number of nitro benzene ring substituents is 1. The van der Waals surface area contributed by atoms with Crippen LogP contribution in [0.15, 0.2) is 18.2 Å². The Morgan fingerprint density at radius 2 is 2.26 bits per heavy atom. The zero-order valence-corrected chi connectivity index (χ0v) is 11.4. The lowest BCUT2D eigenvalue weighted by molar-refractivity contribution is -0.385. The summed E-state index contributed by atoms with van der Waals surface area (Å²) < 4.78 is 5.00. The number of nitrogens with one attached hydrogen (secondary N) is 1. The van der Waals surface area contributed by atoms with Crippen LogP contribution in [0.5, 0.6) is 5.75 Å². The fourth-order valence-corrected chi connectivity index (χ4v) is 2.85. The highest BCUT2D eigenvalue weighted by Crippen LogP contribution is 2.34. The molecule has 1 fully saturated rings. The predicted molar refractivity (Wildman–Crippen MR) is 74.7 cm³/mol. The molecule has 104 valence electrons. The van der Waals surface area contributed by atoms with Crippen LogP contribution in [-0.2, 0) is 0 Å². The van der Waals surface area contributed by atoms with Crippen molar-refractivity contribution in [2.24, 2.45) is 5.92 Å². The van der Waals surface area contributed by atoms with Crippen LogP contribution in [0.3, 0.4) is 0 Å². The fourth-order valence-electron chi connectivity index (χ4n) is 2.85. The van der Waals surface area contributed by atoms with Crippen LogP contribution in [0.4, 0.5) is 11.4 Å². The molecule has 1 aromatic rings. The molecule has 2 unspecified atom stereocenters. The zero-order valence-electron chi connectivity index (χ0n) is 11.4. The first-order valence-electron chi connectivity index (χ1n) is 6.74. The van der Waals surface area contributed by atoms with Crippen molar-refractivity contribution < 1.29 is 9.66 Å². The fraction of sp³-hybridized carbons (Fsp3) is 0.571. The van der Waals surface area contributed by atoms with Crippen molar-refractivity contribution >= 4 is 11.4 Å². The number of ether oxygens (including phenoxy) is 1. The summed E-state index contributed by atoms with van der Waals surface area (Å²) in [4.78, 5) is 10.6. The molecule has 1 N–H and O–H groups in total.